The molecule has 0 bridgehead atoms. The van der Waals surface area contributed by atoms with Crippen molar-refractivity contribution in [2.24, 2.45) is 0 Å². The van der Waals surface area contributed by atoms with E-state index in [1.54, 1.807) is 0 Å². The lowest BCUT2D eigenvalue weighted by molar-refractivity contribution is 0.107. The zero-order valence-electron chi connectivity index (χ0n) is 5.89. The second kappa shape index (κ2) is 5.79. The minimum absolute atomic E-state index is 0.0942. The fourth-order valence-electron chi connectivity index (χ4n) is 0.383. The van der Waals surface area contributed by atoms with Crippen molar-refractivity contribution in [2.75, 3.05) is 19.8 Å². The Morgan fingerprint density at radius 3 is 2.78 bits per heavy atom. The van der Waals surface area contributed by atoms with Crippen LogP contribution in [0.2, 0.25) is 0 Å². The van der Waals surface area contributed by atoms with Gasteiger partial charge >= 0.3 is 0 Å². The van der Waals surface area contributed by atoms with Gasteiger partial charge in [-0.25, -0.2) is 0 Å². The molecule has 2 nitrogen and oxygen atoms in total. The maximum Gasteiger partial charge on any atom is 0.0702 e. The Labute approximate surface area is 56.1 Å². The van der Waals surface area contributed by atoms with Crippen LogP contribution in [0.3, 0.4) is 0 Å². The highest BCUT2D eigenvalue weighted by molar-refractivity contribution is 4.91. The van der Waals surface area contributed by atoms with E-state index in [4.69, 9.17) is 9.84 Å². The molecular formula is C7H14O2. The highest BCUT2D eigenvalue weighted by Crippen LogP contribution is 1.95. The average Bonchev–Trinajstić information content (AvgIpc) is 1.89. The van der Waals surface area contributed by atoms with E-state index in [-0.39, 0.29) is 6.61 Å². The van der Waals surface area contributed by atoms with Gasteiger partial charge in [-0.15, -0.1) is 0 Å². The molecule has 0 spiro atoms. The first-order chi connectivity index (χ1) is 4.31. The van der Waals surface area contributed by atoms with Gasteiger partial charge < -0.3 is 9.84 Å². The quantitative estimate of drug-likeness (QED) is 0.443. The van der Waals surface area contributed by atoms with Crippen molar-refractivity contribution in [1.82, 2.24) is 0 Å². The van der Waals surface area contributed by atoms with E-state index in [2.05, 4.69) is 6.58 Å². The lowest BCUT2D eigenvalue weighted by atomic mass is 10.2. The van der Waals surface area contributed by atoms with Gasteiger partial charge in [0.2, 0.25) is 0 Å². The number of ether oxygens (including phenoxy) is 1. The van der Waals surface area contributed by atoms with E-state index in [9.17, 15) is 0 Å². The summed E-state index contributed by atoms with van der Waals surface area (Å²) in [6.07, 6.45) is 0.950. The van der Waals surface area contributed by atoms with Crippen LogP contribution in [0.4, 0.5) is 0 Å². The molecule has 0 saturated heterocycles. The predicted octanol–water partition coefficient (Wildman–Crippen LogP) is 0.962. The molecule has 0 heterocycles. The van der Waals surface area contributed by atoms with Crippen LogP contribution >= 0.6 is 0 Å². The maximum absolute atomic E-state index is 8.30. The molecule has 0 fully saturated rings. The molecule has 0 saturated carbocycles. The summed E-state index contributed by atoms with van der Waals surface area (Å²) in [5.74, 6) is 0. The lowest BCUT2D eigenvalue weighted by Gasteiger charge is -2.01. The summed E-state index contributed by atoms with van der Waals surface area (Å²) in [5.41, 5.74) is 1.07. The molecular weight excluding hydrogens is 116 g/mol. The molecule has 1 N–H and O–H groups in total. The van der Waals surface area contributed by atoms with Crippen LogP contribution in [0.1, 0.15) is 13.3 Å². The van der Waals surface area contributed by atoms with Crippen molar-refractivity contribution in [3.05, 3.63) is 12.2 Å². The van der Waals surface area contributed by atoms with Crippen molar-refractivity contribution >= 4 is 0 Å². The molecule has 0 aromatic heterocycles. The van der Waals surface area contributed by atoms with Gasteiger partial charge in [0, 0.05) is 0 Å². The van der Waals surface area contributed by atoms with Crippen LogP contribution in [-0.2, 0) is 4.74 Å². The third-order valence-corrected chi connectivity index (χ3v) is 1.04. The van der Waals surface area contributed by atoms with Crippen LogP contribution in [0, 0.1) is 0 Å². The lowest BCUT2D eigenvalue weighted by Crippen LogP contribution is -2.01. The normalized spacial score (nSPS) is 9.56. The number of aliphatic hydroxyl groups excluding tert-OH is 1. The minimum atomic E-state index is 0.0942. The van der Waals surface area contributed by atoms with Gasteiger partial charge in [-0.05, 0) is 6.42 Å². The molecule has 0 aliphatic carbocycles. The molecule has 0 unspecified atom stereocenters. The summed E-state index contributed by atoms with van der Waals surface area (Å²) >= 11 is 0. The topological polar surface area (TPSA) is 29.5 Å². The molecule has 0 rings (SSSR count). The Hall–Kier alpha value is -0.340. The van der Waals surface area contributed by atoms with Gasteiger partial charge in [0.1, 0.15) is 0 Å². The van der Waals surface area contributed by atoms with Gasteiger partial charge in [-0.1, -0.05) is 19.1 Å². The molecule has 2 heteroatoms. The van der Waals surface area contributed by atoms with Crippen molar-refractivity contribution in [3.63, 3.8) is 0 Å². The van der Waals surface area contributed by atoms with Gasteiger partial charge in [-0.3, -0.25) is 0 Å². The summed E-state index contributed by atoms with van der Waals surface area (Å²) in [6.45, 7) is 6.86. The molecule has 0 amide bonds. The van der Waals surface area contributed by atoms with Crippen LogP contribution in [0.25, 0.3) is 0 Å². The number of hydrogen-bond acceptors (Lipinski definition) is 2. The largest absolute Gasteiger partial charge is 0.394 e. The van der Waals surface area contributed by atoms with E-state index >= 15 is 0 Å². The van der Waals surface area contributed by atoms with E-state index < -0.39 is 0 Å². The van der Waals surface area contributed by atoms with E-state index in [0.717, 1.165) is 12.0 Å². The van der Waals surface area contributed by atoms with Crippen molar-refractivity contribution < 1.29 is 9.84 Å². The van der Waals surface area contributed by atoms with Gasteiger partial charge in [0.15, 0.2) is 0 Å². The smallest absolute Gasteiger partial charge is 0.0702 e. The maximum atomic E-state index is 8.30. The fraction of sp³-hybridized carbons (Fsp3) is 0.714. The van der Waals surface area contributed by atoms with Gasteiger partial charge in [0.25, 0.3) is 0 Å². The summed E-state index contributed by atoms with van der Waals surface area (Å²) in [7, 11) is 0. The van der Waals surface area contributed by atoms with Crippen molar-refractivity contribution in [3.8, 4) is 0 Å². The van der Waals surface area contributed by atoms with Gasteiger partial charge in [-0.2, -0.15) is 0 Å². The molecule has 0 aliphatic rings. The Morgan fingerprint density at radius 1 is 1.67 bits per heavy atom. The average molecular weight is 130 g/mol. The SMILES string of the molecule is C=C(CC)COCCO. The Balaban J connectivity index is 2.97. The standard InChI is InChI=1S/C7H14O2/c1-3-7(2)6-9-5-4-8/h8H,2-6H2,1H3. The molecule has 0 aromatic carbocycles. The first-order valence-corrected chi connectivity index (χ1v) is 3.16. The minimum Gasteiger partial charge on any atom is -0.394 e. The third kappa shape index (κ3) is 5.53. The summed E-state index contributed by atoms with van der Waals surface area (Å²) < 4.78 is 4.99. The van der Waals surface area contributed by atoms with Crippen molar-refractivity contribution in [2.45, 2.75) is 13.3 Å². The third-order valence-electron chi connectivity index (χ3n) is 1.04. The zero-order valence-corrected chi connectivity index (χ0v) is 5.89. The molecule has 0 aromatic rings. The van der Waals surface area contributed by atoms with Crippen LogP contribution in [0.15, 0.2) is 12.2 Å². The first kappa shape index (κ1) is 8.66. The molecule has 0 atom stereocenters. The van der Waals surface area contributed by atoms with Crippen LogP contribution < -0.4 is 0 Å². The van der Waals surface area contributed by atoms with E-state index in [0.29, 0.717) is 13.2 Å². The van der Waals surface area contributed by atoms with E-state index in [1.807, 2.05) is 6.92 Å². The molecule has 0 radical (unpaired) electrons. The Morgan fingerprint density at radius 2 is 2.33 bits per heavy atom. The second-order valence-electron chi connectivity index (χ2n) is 1.88. The van der Waals surface area contributed by atoms with Crippen LogP contribution in [-0.4, -0.2) is 24.9 Å². The number of hydrogen-bond donors (Lipinski definition) is 1. The van der Waals surface area contributed by atoms with Crippen LogP contribution in [0.5, 0.6) is 0 Å². The first-order valence-electron chi connectivity index (χ1n) is 3.16. The zero-order chi connectivity index (χ0) is 7.11. The summed E-state index contributed by atoms with van der Waals surface area (Å²) in [4.78, 5) is 0. The molecule has 9 heavy (non-hydrogen) atoms. The summed E-state index contributed by atoms with van der Waals surface area (Å²) in [5, 5.41) is 8.30. The highest BCUT2D eigenvalue weighted by Gasteiger charge is 1.88. The molecule has 0 aliphatic heterocycles. The fourth-order valence-corrected chi connectivity index (χ4v) is 0.383. The monoisotopic (exact) mass is 130 g/mol. The number of rotatable bonds is 5. The molecule has 54 valence electrons. The van der Waals surface area contributed by atoms with Crippen molar-refractivity contribution in [1.29, 1.82) is 0 Å². The van der Waals surface area contributed by atoms with Gasteiger partial charge in [0.05, 0.1) is 19.8 Å². The Kier molecular flexibility index (Phi) is 5.57. The Bertz CT molecular complexity index is 79.0. The summed E-state index contributed by atoms with van der Waals surface area (Å²) in [6, 6.07) is 0. The van der Waals surface area contributed by atoms with E-state index in [1.165, 1.54) is 0 Å². The predicted molar refractivity (Wildman–Crippen MR) is 37.3 cm³/mol. The second-order valence-corrected chi connectivity index (χ2v) is 1.88. The number of aliphatic hydroxyl groups is 1. The highest BCUT2D eigenvalue weighted by atomic mass is 16.5.